The van der Waals surface area contributed by atoms with E-state index in [0.29, 0.717) is 16.6 Å². The Morgan fingerprint density at radius 1 is 1.38 bits per heavy atom. The number of benzene rings is 2. The lowest BCUT2D eigenvalue weighted by Crippen LogP contribution is -2.13. The third kappa shape index (κ3) is 3.87. The zero-order valence-corrected chi connectivity index (χ0v) is 14.5. The normalized spacial score (nSPS) is 10.2. The topological polar surface area (TPSA) is 47.3 Å². The highest BCUT2D eigenvalue weighted by Gasteiger charge is 2.10. The zero-order valence-electron chi connectivity index (χ0n) is 11.3. The summed E-state index contributed by atoms with van der Waals surface area (Å²) in [5.74, 6) is 0.740. The second kappa shape index (κ2) is 7.11. The van der Waals surface area contributed by atoms with E-state index in [-0.39, 0.29) is 0 Å². The monoisotopic (exact) mass is 384 g/mol. The van der Waals surface area contributed by atoms with Crippen LogP contribution >= 0.6 is 39.7 Å². The van der Waals surface area contributed by atoms with Crippen LogP contribution in [-0.4, -0.2) is 12.1 Å². The zero-order chi connectivity index (χ0) is 15.4. The molecule has 0 atom stereocenters. The van der Waals surface area contributed by atoms with E-state index in [1.165, 1.54) is 0 Å². The molecule has 0 spiro atoms. The van der Waals surface area contributed by atoms with Gasteiger partial charge >= 0.3 is 0 Å². The molecule has 0 saturated heterocycles. The van der Waals surface area contributed by atoms with Crippen molar-refractivity contribution in [1.82, 2.24) is 0 Å². The Labute approximate surface area is 142 Å². The predicted molar refractivity (Wildman–Crippen MR) is 95.4 cm³/mol. The van der Waals surface area contributed by atoms with Gasteiger partial charge in [0, 0.05) is 32.9 Å². The molecule has 0 fully saturated rings. The van der Waals surface area contributed by atoms with Gasteiger partial charge in [-0.25, -0.2) is 0 Å². The fourth-order valence-corrected chi connectivity index (χ4v) is 2.72. The van der Waals surface area contributed by atoms with E-state index in [2.05, 4.69) is 21.2 Å². The first-order valence-corrected chi connectivity index (χ1v) is 7.75. The lowest BCUT2D eigenvalue weighted by molar-refractivity contribution is 0.410. The van der Waals surface area contributed by atoms with E-state index in [1.54, 1.807) is 7.11 Å². The number of anilines is 1. The Balaban J connectivity index is 2.27. The fraction of sp³-hybridized carbons (Fsp3) is 0.133. The third-order valence-electron chi connectivity index (χ3n) is 3.00. The minimum absolute atomic E-state index is 0.338. The van der Waals surface area contributed by atoms with Crippen LogP contribution in [0.3, 0.4) is 0 Å². The van der Waals surface area contributed by atoms with Crippen LogP contribution in [0.4, 0.5) is 5.69 Å². The van der Waals surface area contributed by atoms with Gasteiger partial charge in [-0.15, -0.1) is 0 Å². The maximum Gasteiger partial charge on any atom is 0.125 e. The number of halogens is 2. The van der Waals surface area contributed by atoms with Crippen LogP contribution in [0.15, 0.2) is 40.9 Å². The number of thiocarbonyl (C=S) groups is 1. The second-order valence-corrected chi connectivity index (χ2v) is 6.09. The number of nitrogens with two attached hydrogens (primary N) is 1. The number of hydrogen-bond donors (Lipinski definition) is 2. The van der Waals surface area contributed by atoms with Crippen LogP contribution in [0.2, 0.25) is 5.02 Å². The summed E-state index contributed by atoms with van der Waals surface area (Å²) in [6.07, 6.45) is 0. The Morgan fingerprint density at radius 3 is 2.81 bits per heavy atom. The Kier molecular flexibility index (Phi) is 5.45. The van der Waals surface area contributed by atoms with Crippen molar-refractivity contribution in [2.24, 2.45) is 5.73 Å². The van der Waals surface area contributed by atoms with Crippen LogP contribution < -0.4 is 15.8 Å². The Bertz CT molecular complexity index is 679. The van der Waals surface area contributed by atoms with Gasteiger partial charge in [0.05, 0.1) is 7.11 Å². The Morgan fingerprint density at radius 2 is 2.14 bits per heavy atom. The van der Waals surface area contributed by atoms with Gasteiger partial charge in [0.15, 0.2) is 0 Å². The van der Waals surface area contributed by atoms with Crippen LogP contribution in [0.1, 0.15) is 11.1 Å². The van der Waals surface area contributed by atoms with Crippen LogP contribution in [-0.2, 0) is 6.54 Å². The summed E-state index contributed by atoms with van der Waals surface area (Å²) >= 11 is 14.7. The van der Waals surface area contributed by atoms with E-state index in [1.807, 2.05) is 36.4 Å². The lowest BCUT2D eigenvalue weighted by atomic mass is 10.1. The first kappa shape index (κ1) is 16.1. The molecular weight excluding hydrogens is 372 g/mol. The van der Waals surface area contributed by atoms with E-state index in [0.717, 1.165) is 27.0 Å². The number of ether oxygens (including phenoxy) is 1. The fourth-order valence-electron chi connectivity index (χ4n) is 1.96. The lowest BCUT2D eigenvalue weighted by Gasteiger charge is -2.14. The molecule has 0 unspecified atom stereocenters. The number of nitrogens with one attached hydrogen (secondary N) is 1. The standard InChI is InChI=1S/C15H14BrClN2OS/c1-20-14-4-2-3-12(17)11(14)8-19-13-6-5-9(16)7-10(13)15(18)21/h2-7,19H,8H2,1H3,(H2,18,21). The van der Waals surface area contributed by atoms with Gasteiger partial charge in [-0.05, 0) is 30.3 Å². The highest BCUT2D eigenvalue weighted by Crippen LogP contribution is 2.28. The molecule has 21 heavy (non-hydrogen) atoms. The highest BCUT2D eigenvalue weighted by atomic mass is 79.9. The number of methoxy groups -OCH3 is 1. The largest absolute Gasteiger partial charge is 0.496 e. The van der Waals surface area contributed by atoms with Gasteiger partial charge in [0.2, 0.25) is 0 Å². The summed E-state index contributed by atoms with van der Waals surface area (Å²) in [7, 11) is 1.62. The summed E-state index contributed by atoms with van der Waals surface area (Å²) in [6, 6.07) is 11.3. The van der Waals surface area contributed by atoms with Crippen molar-refractivity contribution in [3.05, 3.63) is 57.0 Å². The van der Waals surface area contributed by atoms with Crippen molar-refractivity contribution in [2.75, 3.05) is 12.4 Å². The molecule has 3 N–H and O–H groups in total. The van der Waals surface area contributed by atoms with Crippen LogP contribution in [0.5, 0.6) is 5.75 Å². The van der Waals surface area contributed by atoms with Crippen molar-refractivity contribution < 1.29 is 4.74 Å². The molecule has 0 aliphatic heterocycles. The van der Waals surface area contributed by atoms with Crippen molar-refractivity contribution in [3.63, 3.8) is 0 Å². The molecule has 2 aromatic carbocycles. The van der Waals surface area contributed by atoms with Crippen LogP contribution in [0.25, 0.3) is 0 Å². The molecule has 0 saturated carbocycles. The van der Waals surface area contributed by atoms with Gasteiger partial charge in [0.1, 0.15) is 10.7 Å². The molecule has 2 rings (SSSR count). The molecule has 3 nitrogen and oxygen atoms in total. The van der Waals surface area contributed by atoms with Crippen molar-refractivity contribution in [1.29, 1.82) is 0 Å². The molecule has 0 aliphatic rings. The molecule has 0 amide bonds. The number of hydrogen-bond acceptors (Lipinski definition) is 3. The first-order chi connectivity index (χ1) is 10.0. The van der Waals surface area contributed by atoms with Gasteiger partial charge < -0.3 is 15.8 Å². The second-order valence-electron chi connectivity index (χ2n) is 4.33. The summed E-state index contributed by atoms with van der Waals surface area (Å²) in [4.78, 5) is 0.338. The maximum absolute atomic E-state index is 6.22. The molecule has 0 bridgehead atoms. The van der Waals surface area contributed by atoms with E-state index >= 15 is 0 Å². The minimum atomic E-state index is 0.338. The predicted octanol–water partition coefficient (Wildman–Crippen LogP) is 4.36. The molecule has 2 aromatic rings. The number of rotatable bonds is 5. The summed E-state index contributed by atoms with van der Waals surface area (Å²) in [5, 5.41) is 3.95. The maximum atomic E-state index is 6.22. The summed E-state index contributed by atoms with van der Waals surface area (Å²) < 4.78 is 6.25. The molecule has 0 radical (unpaired) electrons. The average molecular weight is 386 g/mol. The first-order valence-electron chi connectivity index (χ1n) is 6.17. The smallest absolute Gasteiger partial charge is 0.125 e. The Hall–Kier alpha value is -1.30. The minimum Gasteiger partial charge on any atom is -0.496 e. The summed E-state index contributed by atoms with van der Waals surface area (Å²) in [6.45, 7) is 0.514. The molecule has 0 aromatic heterocycles. The third-order valence-corrected chi connectivity index (χ3v) is 4.07. The van der Waals surface area contributed by atoms with Crippen molar-refractivity contribution in [2.45, 2.75) is 6.54 Å². The quantitative estimate of drug-likeness (QED) is 0.751. The average Bonchev–Trinajstić information content (AvgIpc) is 2.46. The summed E-state index contributed by atoms with van der Waals surface area (Å²) in [5.41, 5.74) is 8.28. The molecule has 6 heteroatoms. The van der Waals surface area contributed by atoms with Gasteiger partial charge in [-0.1, -0.05) is 45.8 Å². The van der Waals surface area contributed by atoms with E-state index < -0.39 is 0 Å². The molecule has 0 aliphatic carbocycles. The van der Waals surface area contributed by atoms with Gasteiger partial charge in [0.25, 0.3) is 0 Å². The molecule has 0 heterocycles. The van der Waals surface area contributed by atoms with Gasteiger partial charge in [-0.3, -0.25) is 0 Å². The van der Waals surface area contributed by atoms with Crippen molar-refractivity contribution in [3.8, 4) is 5.75 Å². The molecule has 110 valence electrons. The van der Waals surface area contributed by atoms with E-state index in [9.17, 15) is 0 Å². The van der Waals surface area contributed by atoms with Crippen LogP contribution in [0, 0.1) is 0 Å². The van der Waals surface area contributed by atoms with Gasteiger partial charge in [-0.2, -0.15) is 0 Å². The SMILES string of the molecule is COc1cccc(Cl)c1CNc1ccc(Br)cc1C(N)=S. The van der Waals surface area contributed by atoms with Crippen molar-refractivity contribution >= 4 is 50.4 Å². The highest BCUT2D eigenvalue weighted by molar-refractivity contribution is 9.10. The van der Waals surface area contributed by atoms with E-state index in [4.69, 9.17) is 34.3 Å². The molecular formula is C15H14BrClN2OS.